The highest BCUT2D eigenvalue weighted by Gasteiger charge is 2.04. The Morgan fingerprint density at radius 2 is 1.76 bits per heavy atom. The van der Waals surface area contributed by atoms with E-state index in [1.165, 1.54) is 10.7 Å². The van der Waals surface area contributed by atoms with Gasteiger partial charge < -0.3 is 5.73 Å². The van der Waals surface area contributed by atoms with Crippen LogP contribution < -0.4 is 11.3 Å². The van der Waals surface area contributed by atoms with Crippen molar-refractivity contribution in [2.75, 3.05) is 5.73 Å². The van der Waals surface area contributed by atoms with Crippen LogP contribution in [-0.4, -0.2) is 9.78 Å². The van der Waals surface area contributed by atoms with Crippen molar-refractivity contribution >= 4 is 5.69 Å². The molecule has 2 N–H and O–H groups in total. The van der Waals surface area contributed by atoms with E-state index in [1.54, 1.807) is 6.07 Å². The van der Waals surface area contributed by atoms with E-state index in [2.05, 4.69) is 5.10 Å². The molecule has 1 heterocycles. The monoisotopic (exact) mass is 277 g/mol. The molecular weight excluding hydrogens is 262 g/mol. The van der Waals surface area contributed by atoms with Crippen molar-refractivity contribution in [3.63, 3.8) is 0 Å². The van der Waals surface area contributed by atoms with E-state index in [1.807, 2.05) is 54.6 Å². The summed E-state index contributed by atoms with van der Waals surface area (Å²) < 4.78 is 1.47. The molecule has 3 rings (SSSR count). The lowest BCUT2D eigenvalue weighted by Gasteiger charge is -2.07. The van der Waals surface area contributed by atoms with Crippen LogP contribution >= 0.6 is 0 Å². The lowest BCUT2D eigenvalue weighted by Crippen LogP contribution is -2.22. The van der Waals surface area contributed by atoms with Gasteiger partial charge in [0, 0.05) is 17.3 Å². The van der Waals surface area contributed by atoms with Crippen LogP contribution in [0.3, 0.4) is 0 Å². The van der Waals surface area contributed by atoms with Crippen LogP contribution in [0, 0.1) is 0 Å². The standard InChI is InChI=1S/C17H15N3O/c18-15-8-4-7-14(11-15)16-9-10-17(21)20(19-16)12-13-5-2-1-3-6-13/h1-11H,12,18H2. The number of hydrogen-bond acceptors (Lipinski definition) is 3. The largest absolute Gasteiger partial charge is 0.399 e. The smallest absolute Gasteiger partial charge is 0.267 e. The zero-order valence-corrected chi connectivity index (χ0v) is 11.4. The molecule has 0 amide bonds. The fraction of sp³-hybridized carbons (Fsp3) is 0.0588. The second-order valence-electron chi connectivity index (χ2n) is 4.83. The van der Waals surface area contributed by atoms with Crippen LogP contribution in [0.2, 0.25) is 0 Å². The maximum atomic E-state index is 11.9. The van der Waals surface area contributed by atoms with Gasteiger partial charge in [-0.3, -0.25) is 4.79 Å². The summed E-state index contributed by atoms with van der Waals surface area (Å²) >= 11 is 0. The number of rotatable bonds is 3. The van der Waals surface area contributed by atoms with Gasteiger partial charge in [-0.2, -0.15) is 5.10 Å². The maximum absolute atomic E-state index is 11.9. The first-order valence-corrected chi connectivity index (χ1v) is 6.70. The molecule has 0 unspecified atom stereocenters. The molecule has 21 heavy (non-hydrogen) atoms. The van der Waals surface area contributed by atoms with Crippen molar-refractivity contribution in [2.45, 2.75) is 6.54 Å². The molecule has 0 fully saturated rings. The minimum absolute atomic E-state index is 0.119. The Morgan fingerprint density at radius 1 is 0.952 bits per heavy atom. The van der Waals surface area contributed by atoms with Crippen molar-refractivity contribution in [1.29, 1.82) is 0 Å². The van der Waals surface area contributed by atoms with Crippen LogP contribution in [0.1, 0.15) is 5.56 Å². The molecule has 0 saturated heterocycles. The van der Waals surface area contributed by atoms with Gasteiger partial charge in [-0.1, -0.05) is 42.5 Å². The maximum Gasteiger partial charge on any atom is 0.267 e. The van der Waals surface area contributed by atoms with Gasteiger partial charge in [0.2, 0.25) is 0 Å². The van der Waals surface area contributed by atoms with Gasteiger partial charge in [0.25, 0.3) is 5.56 Å². The Morgan fingerprint density at radius 3 is 2.52 bits per heavy atom. The first-order valence-electron chi connectivity index (χ1n) is 6.70. The van der Waals surface area contributed by atoms with Gasteiger partial charge in [-0.05, 0) is 23.8 Å². The van der Waals surface area contributed by atoms with Crippen LogP contribution in [0.5, 0.6) is 0 Å². The van der Waals surface area contributed by atoms with E-state index in [0.717, 1.165) is 16.8 Å². The van der Waals surface area contributed by atoms with Crippen molar-refractivity contribution < 1.29 is 0 Å². The Labute approximate surface area is 122 Å². The highest BCUT2D eigenvalue weighted by atomic mass is 16.1. The Balaban J connectivity index is 1.99. The van der Waals surface area contributed by atoms with E-state index in [-0.39, 0.29) is 5.56 Å². The van der Waals surface area contributed by atoms with Gasteiger partial charge in [0.15, 0.2) is 0 Å². The molecule has 4 nitrogen and oxygen atoms in total. The van der Waals surface area contributed by atoms with E-state index < -0.39 is 0 Å². The fourth-order valence-corrected chi connectivity index (χ4v) is 2.17. The average molecular weight is 277 g/mol. The van der Waals surface area contributed by atoms with Crippen LogP contribution in [0.15, 0.2) is 71.5 Å². The molecule has 4 heteroatoms. The van der Waals surface area contributed by atoms with Crippen LogP contribution in [-0.2, 0) is 6.54 Å². The summed E-state index contributed by atoms with van der Waals surface area (Å²) in [6, 6.07) is 20.5. The van der Waals surface area contributed by atoms with Crippen molar-refractivity contribution in [1.82, 2.24) is 9.78 Å². The fourth-order valence-electron chi connectivity index (χ4n) is 2.17. The second kappa shape index (κ2) is 5.63. The number of anilines is 1. The topological polar surface area (TPSA) is 60.9 Å². The van der Waals surface area contributed by atoms with Gasteiger partial charge in [-0.25, -0.2) is 4.68 Å². The molecule has 0 aliphatic carbocycles. The third-order valence-corrected chi connectivity index (χ3v) is 3.22. The minimum Gasteiger partial charge on any atom is -0.399 e. The summed E-state index contributed by atoms with van der Waals surface area (Å²) in [5, 5.41) is 4.43. The molecule has 1 aromatic heterocycles. The molecule has 0 aliphatic rings. The van der Waals surface area contributed by atoms with E-state index >= 15 is 0 Å². The van der Waals surface area contributed by atoms with Gasteiger partial charge in [-0.15, -0.1) is 0 Å². The molecule has 2 aromatic carbocycles. The molecule has 0 atom stereocenters. The first kappa shape index (κ1) is 13.1. The van der Waals surface area contributed by atoms with Crippen molar-refractivity contribution in [2.24, 2.45) is 0 Å². The van der Waals surface area contributed by atoms with Crippen LogP contribution in [0.25, 0.3) is 11.3 Å². The van der Waals surface area contributed by atoms with E-state index in [0.29, 0.717) is 12.2 Å². The number of nitrogen functional groups attached to an aromatic ring is 1. The summed E-state index contributed by atoms with van der Waals surface area (Å²) in [5.74, 6) is 0. The van der Waals surface area contributed by atoms with Gasteiger partial charge in [0.1, 0.15) is 0 Å². The molecule has 0 bridgehead atoms. The first-order chi connectivity index (χ1) is 10.2. The molecule has 0 saturated carbocycles. The number of aromatic nitrogens is 2. The predicted octanol–water partition coefficient (Wildman–Crippen LogP) is 2.54. The number of nitrogens with two attached hydrogens (primary N) is 1. The molecule has 104 valence electrons. The Hall–Kier alpha value is -2.88. The number of nitrogens with zero attached hydrogens (tertiary/aromatic N) is 2. The lowest BCUT2D eigenvalue weighted by molar-refractivity contribution is 0.643. The Bertz CT molecular complexity index is 810. The predicted molar refractivity (Wildman–Crippen MR) is 83.9 cm³/mol. The SMILES string of the molecule is Nc1cccc(-c2ccc(=O)n(Cc3ccccc3)n2)c1. The van der Waals surface area contributed by atoms with Crippen molar-refractivity contribution in [3.05, 3.63) is 82.6 Å². The molecule has 0 aliphatic heterocycles. The average Bonchev–Trinajstić information content (AvgIpc) is 2.50. The molecule has 0 spiro atoms. The zero-order chi connectivity index (χ0) is 14.7. The third-order valence-electron chi connectivity index (χ3n) is 3.22. The lowest BCUT2D eigenvalue weighted by atomic mass is 10.1. The second-order valence-corrected chi connectivity index (χ2v) is 4.83. The summed E-state index contributed by atoms with van der Waals surface area (Å²) in [6.07, 6.45) is 0. The quantitative estimate of drug-likeness (QED) is 0.748. The van der Waals surface area contributed by atoms with Gasteiger partial charge >= 0.3 is 0 Å². The normalized spacial score (nSPS) is 10.5. The number of benzene rings is 2. The Kier molecular flexibility index (Phi) is 3.51. The minimum atomic E-state index is -0.119. The summed E-state index contributed by atoms with van der Waals surface area (Å²) in [6.45, 7) is 0.454. The third kappa shape index (κ3) is 3.00. The van der Waals surface area contributed by atoms with E-state index in [9.17, 15) is 4.79 Å². The van der Waals surface area contributed by atoms with Gasteiger partial charge in [0.05, 0.1) is 12.2 Å². The highest BCUT2D eigenvalue weighted by Crippen LogP contribution is 2.18. The summed E-state index contributed by atoms with van der Waals surface area (Å²) in [4.78, 5) is 11.9. The van der Waals surface area contributed by atoms with Crippen molar-refractivity contribution in [3.8, 4) is 11.3 Å². The highest BCUT2D eigenvalue weighted by molar-refractivity contribution is 5.63. The van der Waals surface area contributed by atoms with Crippen LogP contribution in [0.4, 0.5) is 5.69 Å². The molecular formula is C17H15N3O. The molecule has 3 aromatic rings. The summed E-state index contributed by atoms with van der Waals surface area (Å²) in [5.41, 5.74) is 9.02. The zero-order valence-electron chi connectivity index (χ0n) is 11.4. The number of hydrogen-bond donors (Lipinski definition) is 1. The molecule has 0 radical (unpaired) electrons. The summed E-state index contributed by atoms with van der Waals surface area (Å²) in [7, 11) is 0. The van der Waals surface area contributed by atoms with E-state index in [4.69, 9.17) is 5.73 Å².